The third kappa shape index (κ3) is 2.05. The third-order valence-corrected chi connectivity index (χ3v) is 4.08. The van der Waals surface area contributed by atoms with Crippen LogP contribution in [0.3, 0.4) is 0 Å². The van der Waals surface area contributed by atoms with Gasteiger partial charge in [-0.15, -0.1) is 0 Å². The van der Waals surface area contributed by atoms with Gasteiger partial charge in [0.15, 0.2) is 5.78 Å². The summed E-state index contributed by atoms with van der Waals surface area (Å²) in [7, 11) is 0. The largest absolute Gasteiger partial charge is 0.297 e. The molecule has 1 aliphatic carbocycles. The van der Waals surface area contributed by atoms with E-state index in [2.05, 4.69) is 45.7 Å². The second-order valence-electron chi connectivity index (χ2n) is 3.80. The Hall–Kier alpha value is 0.630. The summed E-state index contributed by atoms with van der Waals surface area (Å²) < 4.78 is 0. The Balaban J connectivity index is 2.45. The van der Waals surface area contributed by atoms with Crippen molar-refractivity contribution in [3.8, 4) is 0 Å². The molecule has 0 bridgehead atoms. The second kappa shape index (κ2) is 3.17. The molecule has 0 aromatic rings. The van der Waals surface area contributed by atoms with Gasteiger partial charge in [0, 0.05) is 0 Å². The molecule has 1 fully saturated rings. The fourth-order valence-electron chi connectivity index (χ4n) is 1.31. The zero-order valence-electron chi connectivity index (χ0n) is 6.73. The number of Topliss-reactive ketones (excluding diaryl/α,β-unsaturated/α-hetero) is 1. The Morgan fingerprint density at radius 3 is 2.45 bits per heavy atom. The first-order valence-electron chi connectivity index (χ1n) is 3.72. The van der Waals surface area contributed by atoms with Gasteiger partial charge in [-0.05, 0) is 17.8 Å². The molecule has 3 heteroatoms. The Labute approximate surface area is 84.2 Å². The molecule has 0 saturated heterocycles. The maximum Gasteiger partial charge on any atom is 0.157 e. The molecule has 1 rings (SSSR count). The lowest BCUT2D eigenvalue weighted by Crippen LogP contribution is -2.19. The quantitative estimate of drug-likeness (QED) is 0.728. The summed E-state index contributed by atoms with van der Waals surface area (Å²) in [5.74, 6) is 0.813. The Bertz CT molecular complexity index is 177. The SMILES string of the molecule is CC1(C)CC1C(Br)C(=O)CBr. The van der Waals surface area contributed by atoms with Crippen LogP contribution in [0, 0.1) is 11.3 Å². The second-order valence-corrected chi connectivity index (χ2v) is 5.35. The Morgan fingerprint density at radius 1 is 1.73 bits per heavy atom. The highest BCUT2D eigenvalue weighted by atomic mass is 79.9. The van der Waals surface area contributed by atoms with E-state index in [-0.39, 0.29) is 10.6 Å². The standard InChI is InChI=1S/C8H12Br2O/c1-8(2)3-5(8)7(10)6(11)4-9/h5,7H,3-4H2,1-2H3. The van der Waals surface area contributed by atoms with Crippen LogP contribution in [0.5, 0.6) is 0 Å². The molecule has 1 saturated carbocycles. The van der Waals surface area contributed by atoms with E-state index in [1.165, 1.54) is 6.42 Å². The van der Waals surface area contributed by atoms with E-state index >= 15 is 0 Å². The van der Waals surface area contributed by atoms with Crippen LogP contribution in [0.25, 0.3) is 0 Å². The van der Waals surface area contributed by atoms with Crippen molar-refractivity contribution in [3.63, 3.8) is 0 Å². The number of ketones is 1. The van der Waals surface area contributed by atoms with Crippen LogP contribution in [-0.4, -0.2) is 15.9 Å². The van der Waals surface area contributed by atoms with Crippen molar-refractivity contribution in [2.24, 2.45) is 11.3 Å². The van der Waals surface area contributed by atoms with Crippen LogP contribution >= 0.6 is 31.9 Å². The average molecular weight is 284 g/mol. The highest BCUT2D eigenvalue weighted by Crippen LogP contribution is 2.55. The number of alkyl halides is 2. The van der Waals surface area contributed by atoms with Gasteiger partial charge in [0.05, 0.1) is 10.2 Å². The van der Waals surface area contributed by atoms with Gasteiger partial charge >= 0.3 is 0 Å². The van der Waals surface area contributed by atoms with E-state index in [4.69, 9.17) is 0 Å². The van der Waals surface area contributed by atoms with Gasteiger partial charge in [-0.3, -0.25) is 4.79 Å². The van der Waals surface area contributed by atoms with Crippen molar-refractivity contribution >= 4 is 37.6 Å². The van der Waals surface area contributed by atoms with Crippen LogP contribution in [0.2, 0.25) is 0 Å². The van der Waals surface area contributed by atoms with Crippen LogP contribution < -0.4 is 0 Å². The first-order valence-corrected chi connectivity index (χ1v) is 5.75. The molecule has 0 aromatic carbocycles. The summed E-state index contributed by atoms with van der Waals surface area (Å²) in [5, 5.41) is 0.468. The number of carbonyl (C=O) groups is 1. The van der Waals surface area contributed by atoms with Gasteiger partial charge in [0.2, 0.25) is 0 Å². The summed E-state index contributed by atoms with van der Waals surface area (Å²) in [6.07, 6.45) is 1.17. The molecule has 0 spiro atoms. The fraction of sp³-hybridized carbons (Fsp3) is 0.875. The van der Waals surface area contributed by atoms with Crippen LogP contribution in [0.1, 0.15) is 20.3 Å². The molecule has 0 aliphatic heterocycles. The molecule has 0 amide bonds. The van der Waals surface area contributed by atoms with E-state index in [0.29, 0.717) is 16.7 Å². The lowest BCUT2D eigenvalue weighted by Gasteiger charge is -2.07. The number of hydrogen-bond acceptors (Lipinski definition) is 1. The van der Waals surface area contributed by atoms with E-state index in [1.807, 2.05) is 0 Å². The smallest absolute Gasteiger partial charge is 0.157 e. The summed E-state index contributed by atoms with van der Waals surface area (Å²) >= 11 is 6.60. The van der Waals surface area contributed by atoms with Crippen molar-refractivity contribution in [2.75, 3.05) is 5.33 Å². The molecule has 1 aliphatic rings. The highest BCUT2D eigenvalue weighted by molar-refractivity contribution is 9.10. The summed E-state index contributed by atoms with van der Waals surface area (Å²) in [6, 6.07) is 0. The van der Waals surface area contributed by atoms with Crippen molar-refractivity contribution in [2.45, 2.75) is 25.1 Å². The first-order chi connectivity index (χ1) is 4.99. The monoisotopic (exact) mass is 282 g/mol. The normalized spacial score (nSPS) is 29.6. The first kappa shape index (κ1) is 9.72. The number of halogens is 2. The summed E-state index contributed by atoms with van der Waals surface area (Å²) in [4.78, 5) is 11.3. The lowest BCUT2D eigenvalue weighted by molar-refractivity contribution is -0.116. The molecule has 0 radical (unpaired) electrons. The van der Waals surface area contributed by atoms with Crippen molar-refractivity contribution in [1.29, 1.82) is 0 Å². The van der Waals surface area contributed by atoms with Gasteiger partial charge < -0.3 is 0 Å². The van der Waals surface area contributed by atoms with Crippen molar-refractivity contribution in [3.05, 3.63) is 0 Å². The molecule has 64 valence electrons. The zero-order valence-corrected chi connectivity index (χ0v) is 9.91. The van der Waals surface area contributed by atoms with Gasteiger partial charge in [0.1, 0.15) is 0 Å². The molecule has 2 unspecified atom stereocenters. The molecule has 2 atom stereocenters. The fourth-order valence-corrected chi connectivity index (χ4v) is 3.15. The third-order valence-electron chi connectivity index (χ3n) is 2.38. The van der Waals surface area contributed by atoms with Crippen LogP contribution in [0.4, 0.5) is 0 Å². The number of rotatable bonds is 3. The average Bonchev–Trinajstić information content (AvgIpc) is 2.56. The number of hydrogen-bond donors (Lipinski definition) is 0. The topological polar surface area (TPSA) is 17.1 Å². The molecule has 11 heavy (non-hydrogen) atoms. The maximum atomic E-state index is 11.2. The van der Waals surface area contributed by atoms with Gasteiger partial charge in [-0.2, -0.15) is 0 Å². The lowest BCUT2D eigenvalue weighted by atomic mass is 10.1. The van der Waals surface area contributed by atoms with E-state index in [9.17, 15) is 4.79 Å². The minimum atomic E-state index is 0.0666. The predicted molar refractivity (Wildman–Crippen MR) is 53.4 cm³/mol. The predicted octanol–water partition coefficient (Wildman–Crippen LogP) is 2.76. The molecule has 0 aromatic heterocycles. The maximum absolute atomic E-state index is 11.2. The number of carbonyl (C=O) groups excluding carboxylic acids is 1. The molecular formula is C8H12Br2O. The molecule has 1 nitrogen and oxygen atoms in total. The minimum absolute atomic E-state index is 0.0666. The Kier molecular flexibility index (Phi) is 2.80. The van der Waals surface area contributed by atoms with Crippen LogP contribution in [-0.2, 0) is 4.79 Å². The van der Waals surface area contributed by atoms with Crippen molar-refractivity contribution in [1.82, 2.24) is 0 Å². The van der Waals surface area contributed by atoms with Gasteiger partial charge in [-0.1, -0.05) is 45.7 Å². The van der Waals surface area contributed by atoms with E-state index in [0.717, 1.165) is 0 Å². The minimum Gasteiger partial charge on any atom is -0.297 e. The molecular weight excluding hydrogens is 272 g/mol. The van der Waals surface area contributed by atoms with Gasteiger partial charge in [0.25, 0.3) is 0 Å². The van der Waals surface area contributed by atoms with Gasteiger partial charge in [-0.25, -0.2) is 0 Å². The Morgan fingerprint density at radius 2 is 2.18 bits per heavy atom. The van der Waals surface area contributed by atoms with E-state index < -0.39 is 0 Å². The summed E-state index contributed by atoms with van der Waals surface area (Å²) in [6.45, 7) is 4.40. The molecule has 0 N–H and O–H groups in total. The van der Waals surface area contributed by atoms with E-state index in [1.54, 1.807) is 0 Å². The zero-order chi connectivity index (χ0) is 8.65. The summed E-state index contributed by atoms with van der Waals surface area (Å²) in [5.41, 5.74) is 0.381. The molecule has 0 heterocycles. The van der Waals surface area contributed by atoms with Crippen molar-refractivity contribution < 1.29 is 4.79 Å². The highest BCUT2D eigenvalue weighted by Gasteiger charge is 2.51. The van der Waals surface area contributed by atoms with Crippen LogP contribution in [0.15, 0.2) is 0 Å².